The Bertz CT molecular complexity index is 619. The third kappa shape index (κ3) is 3.35. The monoisotopic (exact) mass is 313 g/mol. The van der Waals surface area contributed by atoms with Gasteiger partial charge in [-0.3, -0.25) is 0 Å². The second-order valence-corrected chi connectivity index (χ2v) is 5.26. The van der Waals surface area contributed by atoms with Crippen LogP contribution in [0.4, 0.5) is 10.1 Å². The summed E-state index contributed by atoms with van der Waals surface area (Å²) in [4.78, 5) is 0. The van der Waals surface area contributed by atoms with Crippen LogP contribution in [0.3, 0.4) is 0 Å². The number of aromatic hydroxyl groups is 1. The lowest BCUT2D eigenvalue weighted by molar-refractivity contribution is 0.432. The van der Waals surface area contributed by atoms with E-state index in [1.807, 2.05) is 13.0 Å². The number of halogens is 3. The van der Waals surface area contributed by atoms with Crippen LogP contribution in [0, 0.1) is 5.82 Å². The average molecular weight is 314 g/mol. The summed E-state index contributed by atoms with van der Waals surface area (Å²) in [7, 11) is 0. The summed E-state index contributed by atoms with van der Waals surface area (Å²) in [6.07, 6.45) is 0.792. The SMILES string of the molecule is CCC(Nc1ccc(O)c(F)c1)c1ccc(Cl)c(Cl)c1. The minimum absolute atomic E-state index is 0.0197. The summed E-state index contributed by atoms with van der Waals surface area (Å²) in [5, 5.41) is 13.4. The van der Waals surface area contributed by atoms with Crippen molar-refractivity contribution >= 4 is 28.9 Å². The first-order valence-electron chi connectivity index (χ1n) is 6.21. The van der Waals surface area contributed by atoms with Crippen molar-refractivity contribution in [2.24, 2.45) is 0 Å². The summed E-state index contributed by atoms with van der Waals surface area (Å²) in [6.45, 7) is 2.01. The van der Waals surface area contributed by atoms with Crippen molar-refractivity contribution in [3.63, 3.8) is 0 Å². The summed E-state index contributed by atoms with van der Waals surface area (Å²) in [6, 6.07) is 9.59. The number of rotatable bonds is 4. The Labute approximate surface area is 127 Å². The largest absolute Gasteiger partial charge is 0.505 e. The van der Waals surface area contributed by atoms with E-state index in [1.165, 1.54) is 12.1 Å². The molecule has 106 valence electrons. The first-order chi connectivity index (χ1) is 9.51. The van der Waals surface area contributed by atoms with E-state index in [-0.39, 0.29) is 11.8 Å². The normalized spacial score (nSPS) is 12.2. The molecule has 2 nitrogen and oxygen atoms in total. The second kappa shape index (κ2) is 6.33. The van der Waals surface area contributed by atoms with Gasteiger partial charge in [0, 0.05) is 11.8 Å². The van der Waals surface area contributed by atoms with E-state index in [0.717, 1.165) is 12.0 Å². The zero-order valence-corrected chi connectivity index (χ0v) is 12.3. The number of hydrogen-bond donors (Lipinski definition) is 2. The molecule has 5 heteroatoms. The van der Waals surface area contributed by atoms with Gasteiger partial charge in [-0.05, 0) is 36.2 Å². The highest BCUT2D eigenvalue weighted by Gasteiger charge is 2.12. The van der Waals surface area contributed by atoms with Crippen LogP contribution in [-0.4, -0.2) is 5.11 Å². The Morgan fingerprint density at radius 1 is 1.15 bits per heavy atom. The van der Waals surface area contributed by atoms with Crippen molar-refractivity contribution in [3.05, 3.63) is 57.8 Å². The molecule has 2 rings (SSSR count). The minimum Gasteiger partial charge on any atom is -0.505 e. The third-order valence-electron chi connectivity index (χ3n) is 3.04. The van der Waals surface area contributed by atoms with E-state index < -0.39 is 5.82 Å². The van der Waals surface area contributed by atoms with E-state index in [0.29, 0.717) is 15.7 Å². The van der Waals surface area contributed by atoms with E-state index in [2.05, 4.69) is 5.32 Å². The lowest BCUT2D eigenvalue weighted by Crippen LogP contribution is -2.09. The maximum Gasteiger partial charge on any atom is 0.166 e. The quantitative estimate of drug-likeness (QED) is 0.740. The fourth-order valence-corrected chi connectivity index (χ4v) is 2.25. The second-order valence-electron chi connectivity index (χ2n) is 4.44. The van der Waals surface area contributed by atoms with Crippen LogP contribution < -0.4 is 5.32 Å². The zero-order chi connectivity index (χ0) is 14.7. The average Bonchev–Trinajstić information content (AvgIpc) is 2.43. The van der Waals surface area contributed by atoms with Crippen molar-refractivity contribution in [1.29, 1.82) is 0 Å². The topological polar surface area (TPSA) is 32.3 Å². The van der Waals surface area contributed by atoms with Crippen LogP contribution in [0.2, 0.25) is 10.0 Å². The van der Waals surface area contributed by atoms with Gasteiger partial charge in [0.1, 0.15) is 0 Å². The van der Waals surface area contributed by atoms with Crippen molar-refractivity contribution < 1.29 is 9.50 Å². The Morgan fingerprint density at radius 3 is 2.50 bits per heavy atom. The van der Waals surface area contributed by atoms with E-state index in [9.17, 15) is 9.50 Å². The molecule has 0 heterocycles. The summed E-state index contributed by atoms with van der Waals surface area (Å²) in [5.74, 6) is -1.02. The van der Waals surface area contributed by atoms with Crippen molar-refractivity contribution in [2.75, 3.05) is 5.32 Å². The van der Waals surface area contributed by atoms with Gasteiger partial charge in [-0.2, -0.15) is 0 Å². The highest BCUT2D eigenvalue weighted by molar-refractivity contribution is 6.42. The number of anilines is 1. The van der Waals surface area contributed by atoms with Crippen molar-refractivity contribution in [2.45, 2.75) is 19.4 Å². The molecule has 0 aliphatic heterocycles. The molecule has 2 aromatic carbocycles. The number of nitrogens with one attached hydrogen (secondary N) is 1. The van der Waals surface area contributed by atoms with Crippen LogP contribution in [0.15, 0.2) is 36.4 Å². The first kappa shape index (κ1) is 14.9. The molecule has 0 aliphatic carbocycles. The van der Waals surface area contributed by atoms with Crippen LogP contribution in [-0.2, 0) is 0 Å². The first-order valence-corrected chi connectivity index (χ1v) is 6.97. The van der Waals surface area contributed by atoms with Gasteiger partial charge in [0.05, 0.1) is 16.1 Å². The Morgan fingerprint density at radius 2 is 1.90 bits per heavy atom. The van der Waals surface area contributed by atoms with Crippen LogP contribution in [0.5, 0.6) is 5.75 Å². The van der Waals surface area contributed by atoms with Gasteiger partial charge in [0.2, 0.25) is 0 Å². The van der Waals surface area contributed by atoms with Gasteiger partial charge in [0.15, 0.2) is 11.6 Å². The number of hydrogen-bond acceptors (Lipinski definition) is 2. The predicted molar refractivity (Wildman–Crippen MR) is 81.2 cm³/mol. The smallest absolute Gasteiger partial charge is 0.166 e. The molecule has 0 saturated heterocycles. The lowest BCUT2D eigenvalue weighted by atomic mass is 10.0. The fraction of sp³-hybridized carbons (Fsp3) is 0.200. The third-order valence-corrected chi connectivity index (χ3v) is 3.78. The van der Waals surface area contributed by atoms with E-state index in [4.69, 9.17) is 23.2 Å². The van der Waals surface area contributed by atoms with E-state index >= 15 is 0 Å². The Hall–Kier alpha value is -1.45. The summed E-state index contributed by atoms with van der Waals surface area (Å²) in [5.41, 5.74) is 1.56. The molecule has 0 spiro atoms. The molecule has 1 atom stereocenters. The molecule has 20 heavy (non-hydrogen) atoms. The van der Waals surface area contributed by atoms with E-state index in [1.54, 1.807) is 18.2 Å². The zero-order valence-electron chi connectivity index (χ0n) is 10.8. The molecular weight excluding hydrogens is 300 g/mol. The van der Waals surface area contributed by atoms with Crippen LogP contribution >= 0.6 is 23.2 Å². The maximum absolute atomic E-state index is 13.3. The van der Waals surface area contributed by atoms with Gasteiger partial charge in [0.25, 0.3) is 0 Å². The minimum atomic E-state index is -0.654. The number of benzene rings is 2. The van der Waals surface area contributed by atoms with Gasteiger partial charge in [-0.1, -0.05) is 36.2 Å². The van der Waals surface area contributed by atoms with Crippen LogP contribution in [0.1, 0.15) is 24.9 Å². The predicted octanol–water partition coefficient (Wildman–Crippen LogP) is 5.40. The molecule has 0 aromatic heterocycles. The van der Waals surface area contributed by atoms with Crippen molar-refractivity contribution in [3.8, 4) is 5.75 Å². The highest BCUT2D eigenvalue weighted by atomic mass is 35.5. The van der Waals surface area contributed by atoms with Crippen molar-refractivity contribution in [1.82, 2.24) is 0 Å². The summed E-state index contributed by atoms with van der Waals surface area (Å²) >= 11 is 11.9. The number of phenolic OH excluding ortho intramolecular Hbond substituents is 1. The molecule has 0 fully saturated rings. The lowest BCUT2D eigenvalue weighted by Gasteiger charge is -2.19. The molecule has 0 aliphatic rings. The molecule has 2 N–H and O–H groups in total. The molecule has 0 bridgehead atoms. The van der Waals surface area contributed by atoms with Gasteiger partial charge in [-0.15, -0.1) is 0 Å². The molecule has 1 unspecified atom stereocenters. The standard InChI is InChI=1S/C15H14Cl2FNO/c1-2-14(9-3-5-11(16)12(17)7-9)19-10-4-6-15(20)13(18)8-10/h3-8,14,19-20H,2H2,1H3. The van der Waals surface area contributed by atoms with Crippen LogP contribution in [0.25, 0.3) is 0 Å². The molecular formula is C15H14Cl2FNO. The highest BCUT2D eigenvalue weighted by Crippen LogP contribution is 2.30. The Kier molecular flexibility index (Phi) is 4.73. The molecule has 0 amide bonds. The van der Waals surface area contributed by atoms with Gasteiger partial charge in [-0.25, -0.2) is 4.39 Å². The molecule has 2 aromatic rings. The van der Waals surface area contributed by atoms with Gasteiger partial charge < -0.3 is 10.4 Å². The summed E-state index contributed by atoms with van der Waals surface area (Å²) < 4.78 is 13.3. The fourth-order valence-electron chi connectivity index (χ4n) is 1.95. The van der Waals surface area contributed by atoms with Gasteiger partial charge >= 0.3 is 0 Å². The maximum atomic E-state index is 13.3. The Balaban J connectivity index is 2.23. The molecule has 0 radical (unpaired) electrons. The molecule has 0 saturated carbocycles. The number of phenols is 1.